The van der Waals surface area contributed by atoms with Crippen LogP contribution in [0, 0.1) is 0 Å². The van der Waals surface area contributed by atoms with E-state index in [1.165, 1.54) is 0 Å². The second-order valence-electron chi connectivity index (χ2n) is 4.62. The van der Waals surface area contributed by atoms with Crippen molar-refractivity contribution in [3.8, 4) is 0 Å². The van der Waals surface area contributed by atoms with Crippen LogP contribution in [0.1, 0.15) is 53.9 Å². The van der Waals surface area contributed by atoms with Crippen LogP contribution >= 0.6 is 0 Å². The van der Waals surface area contributed by atoms with Crippen LogP contribution < -0.4 is 0 Å². The first-order valence-electron chi connectivity index (χ1n) is 5.90. The Labute approximate surface area is 93.5 Å². The van der Waals surface area contributed by atoms with E-state index in [1.807, 2.05) is 13.8 Å². The van der Waals surface area contributed by atoms with Gasteiger partial charge in [-0.25, -0.2) is 0 Å². The van der Waals surface area contributed by atoms with Gasteiger partial charge in [-0.05, 0) is 40.2 Å². The van der Waals surface area contributed by atoms with E-state index >= 15 is 0 Å². The van der Waals surface area contributed by atoms with Crippen LogP contribution in [0.2, 0.25) is 0 Å². The van der Waals surface area contributed by atoms with Crippen molar-refractivity contribution in [2.24, 2.45) is 0 Å². The van der Waals surface area contributed by atoms with Gasteiger partial charge in [-0.1, -0.05) is 20.3 Å². The van der Waals surface area contributed by atoms with E-state index in [0.29, 0.717) is 6.42 Å². The van der Waals surface area contributed by atoms with Gasteiger partial charge in [0.2, 0.25) is 0 Å². The van der Waals surface area contributed by atoms with E-state index in [0.717, 1.165) is 19.4 Å². The largest absolute Gasteiger partial charge is 0.480 e. The molecule has 0 amide bonds. The zero-order valence-electron chi connectivity index (χ0n) is 10.7. The summed E-state index contributed by atoms with van der Waals surface area (Å²) < 4.78 is 0. The maximum Gasteiger partial charge on any atom is 0.323 e. The third-order valence-electron chi connectivity index (χ3n) is 2.92. The highest BCUT2D eigenvalue weighted by Crippen LogP contribution is 2.24. The van der Waals surface area contributed by atoms with Crippen LogP contribution in [-0.2, 0) is 4.79 Å². The molecule has 3 nitrogen and oxygen atoms in total. The fourth-order valence-electron chi connectivity index (χ4n) is 2.18. The SMILES string of the molecule is CCCN(C(C)C)C(C)(CCC)C(=O)O. The van der Waals surface area contributed by atoms with Crippen molar-refractivity contribution in [2.75, 3.05) is 6.54 Å². The second-order valence-corrected chi connectivity index (χ2v) is 4.62. The molecule has 0 bridgehead atoms. The fourth-order valence-corrected chi connectivity index (χ4v) is 2.18. The summed E-state index contributed by atoms with van der Waals surface area (Å²) in [5.74, 6) is -0.702. The number of aliphatic carboxylic acids is 1. The predicted molar refractivity (Wildman–Crippen MR) is 63.1 cm³/mol. The lowest BCUT2D eigenvalue weighted by atomic mass is 9.92. The molecule has 1 atom stereocenters. The average molecular weight is 215 g/mol. The number of rotatable bonds is 7. The molecule has 0 radical (unpaired) electrons. The highest BCUT2D eigenvalue weighted by Gasteiger charge is 2.39. The monoisotopic (exact) mass is 215 g/mol. The number of carboxylic acids is 1. The standard InChI is InChI=1S/C12H25NO2/c1-6-8-12(5,11(14)15)13(9-7-2)10(3)4/h10H,6-9H2,1-5H3,(H,14,15). The summed E-state index contributed by atoms with van der Waals surface area (Å²) in [5, 5.41) is 9.37. The molecule has 0 aliphatic carbocycles. The lowest BCUT2D eigenvalue weighted by molar-refractivity contribution is -0.152. The van der Waals surface area contributed by atoms with Crippen molar-refractivity contribution in [1.29, 1.82) is 0 Å². The van der Waals surface area contributed by atoms with E-state index in [4.69, 9.17) is 0 Å². The van der Waals surface area contributed by atoms with E-state index in [2.05, 4.69) is 25.7 Å². The smallest absolute Gasteiger partial charge is 0.323 e. The number of hydrogen-bond acceptors (Lipinski definition) is 2. The molecule has 0 aliphatic heterocycles. The zero-order chi connectivity index (χ0) is 12.1. The Morgan fingerprint density at radius 3 is 2.13 bits per heavy atom. The normalized spacial score (nSPS) is 15.7. The highest BCUT2D eigenvalue weighted by atomic mass is 16.4. The van der Waals surface area contributed by atoms with Gasteiger partial charge in [-0.15, -0.1) is 0 Å². The number of nitrogens with zero attached hydrogens (tertiary/aromatic N) is 1. The molecule has 1 unspecified atom stereocenters. The topological polar surface area (TPSA) is 40.5 Å². The van der Waals surface area contributed by atoms with Gasteiger partial charge in [-0.2, -0.15) is 0 Å². The first-order chi connectivity index (χ1) is 6.90. The van der Waals surface area contributed by atoms with E-state index < -0.39 is 11.5 Å². The second kappa shape index (κ2) is 6.11. The molecule has 15 heavy (non-hydrogen) atoms. The third-order valence-corrected chi connectivity index (χ3v) is 2.92. The Morgan fingerprint density at radius 2 is 1.87 bits per heavy atom. The van der Waals surface area contributed by atoms with Gasteiger partial charge in [0.15, 0.2) is 0 Å². The third kappa shape index (κ3) is 3.49. The summed E-state index contributed by atoms with van der Waals surface area (Å²) in [7, 11) is 0. The summed E-state index contributed by atoms with van der Waals surface area (Å²) in [6.07, 6.45) is 2.60. The average Bonchev–Trinajstić information content (AvgIpc) is 2.13. The predicted octanol–water partition coefficient (Wildman–Crippen LogP) is 2.75. The summed E-state index contributed by atoms with van der Waals surface area (Å²) in [5.41, 5.74) is -0.709. The van der Waals surface area contributed by atoms with Crippen molar-refractivity contribution in [2.45, 2.75) is 65.5 Å². The van der Waals surface area contributed by atoms with Gasteiger partial charge in [0, 0.05) is 6.04 Å². The molecule has 0 aromatic heterocycles. The molecule has 0 spiro atoms. The van der Waals surface area contributed by atoms with Crippen LogP contribution in [-0.4, -0.2) is 34.1 Å². The van der Waals surface area contributed by atoms with Gasteiger partial charge in [0.25, 0.3) is 0 Å². The summed E-state index contributed by atoms with van der Waals surface area (Å²) in [4.78, 5) is 13.5. The van der Waals surface area contributed by atoms with Crippen LogP contribution in [0.5, 0.6) is 0 Å². The van der Waals surface area contributed by atoms with Crippen LogP contribution in [0.3, 0.4) is 0 Å². The van der Waals surface area contributed by atoms with E-state index in [9.17, 15) is 9.90 Å². The van der Waals surface area contributed by atoms with Gasteiger partial charge >= 0.3 is 5.97 Å². The summed E-state index contributed by atoms with van der Waals surface area (Å²) in [6.45, 7) is 10.9. The molecule has 0 aliphatic rings. The lowest BCUT2D eigenvalue weighted by Gasteiger charge is -2.40. The highest BCUT2D eigenvalue weighted by molar-refractivity contribution is 5.78. The molecular weight excluding hydrogens is 190 g/mol. The molecule has 0 rings (SSSR count). The van der Waals surface area contributed by atoms with Crippen molar-refractivity contribution in [3.63, 3.8) is 0 Å². The van der Waals surface area contributed by atoms with Crippen molar-refractivity contribution in [3.05, 3.63) is 0 Å². The fraction of sp³-hybridized carbons (Fsp3) is 0.917. The van der Waals surface area contributed by atoms with Gasteiger partial charge in [0.1, 0.15) is 5.54 Å². The summed E-state index contributed by atoms with van der Waals surface area (Å²) >= 11 is 0. The van der Waals surface area contributed by atoms with Crippen molar-refractivity contribution in [1.82, 2.24) is 4.90 Å². The van der Waals surface area contributed by atoms with Crippen molar-refractivity contribution < 1.29 is 9.90 Å². The van der Waals surface area contributed by atoms with Gasteiger partial charge in [-0.3, -0.25) is 9.69 Å². The lowest BCUT2D eigenvalue weighted by Crippen LogP contribution is -2.55. The Bertz CT molecular complexity index is 204. The van der Waals surface area contributed by atoms with E-state index in [-0.39, 0.29) is 6.04 Å². The number of carboxylic acid groups (broad SMARTS) is 1. The molecule has 0 fully saturated rings. The quantitative estimate of drug-likeness (QED) is 0.710. The Balaban J connectivity index is 4.90. The van der Waals surface area contributed by atoms with E-state index in [1.54, 1.807) is 0 Å². The van der Waals surface area contributed by atoms with Crippen LogP contribution in [0.25, 0.3) is 0 Å². The Hall–Kier alpha value is -0.570. The minimum Gasteiger partial charge on any atom is -0.480 e. The molecular formula is C12H25NO2. The zero-order valence-corrected chi connectivity index (χ0v) is 10.7. The molecule has 0 saturated carbocycles. The molecule has 1 N–H and O–H groups in total. The van der Waals surface area contributed by atoms with Crippen LogP contribution in [0.15, 0.2) is 0 Å². The molecule has 90 valence electrons. The number of hydrogen-bond donors (Lipinski definition) is 1. The molecule has 0 saturated heterocycles. The Kier molecular flexibility index (Phi) is 5.88. The maximum absolute atomic E-state index is 11.4. The first kappa shape index (κ1) is 14.4. The molecule has 0 aromatic carbocycles. The van der Waals surface area contributed by atoms with Gasteiger partial charge in [0.05, 0.1) is 0 Å². The van der Waals surface area contributed by atoms with Gasteiger partial charge < -0.3 is 5.11 Å². The molecule has 0 aromatic rings. The Morgan fingerprint density at radius 1 is 1.33 bits per heavy atom. The minimum absolute atomic E-state index is 0.276. The van der Waals surface area contributed by atoms with Crippen LogP contribution in [0.4, 0.5) is 0 Å². The first-order valence-corrected chi connectivity index (χ1v) is 5.90. The minimum atomic E-state index is -0.709. The summed E-state index contributed by atoms with van der Waals surface area (Å²) in [6, 6.07) is 0.276. The molecule has 3 heteroatoms. The maximum atomic E-state index is 11.4. The molecule has 0 heterocycles. The number of carbonyl (C=O) groups is 1. The van der Waals surface area contributed by atoms with Crippen molar-refractivity contribution >= 4 is 5.97 Å².